The summed E-state index contributed by atoms with van der Waals surface area (Å²) in [4.78, 5) is 0. The van der Waals surface area contributed by atoms with Gasteiger partial charge in [0.15, 0.2) is 0 Å². The van der Waals surface area contributed by atoms with E-state index >= 15 is 0 Å². The molecule has 0 saturated carbocycles. The monoisotopic (exact) mass is 325 g/mol. The Morgan fingerprint density at radius 2 is 1.50 bits per heavy atom. The molecule has 1 N–H and O–H groups in total. The Hall–Kier alpha value is -2.86. The summed E-state index contributed by atoms with van der Waals surface area (Å²) in [5.41, 5.74) is 3.44. The van der Waals surface area contributed by atoms with Crippen LogP contribution in [0.3, 0.4) is 0 Å². The van der Waals surface area contributed by atoms with E-state index in [1.54, 1.807) is 18.9 Å². The molecule has 3 aromatic rings. The Kier molecular flexibility index (Phi) is 4.77. The maximum Gasteiger partial charge on any atom is 0.119 e. The molecule has 0 spiro atoms. The lowest BCUT2D eigenvalue weighted by molar-refractivity contribution is 0.298. The third-order valence-electron chi connectivity index (χ3n) is 3.77. The summed E-state index contributed by atoms with van der Waals surface area (Å²) in [6.45, 7) is 0.0183. The molecule has 0 atom stereocenters. The number of aliphatic hydroxyl groups is 1. The SMILES string of the molecule is COc1ccc(-c2c(CCO)nnn2-c2ccc(OC)cc2)cc1. The number of benzene rings is 2. The highest BCUT2D eigenvalue weighted by Crippen LogP contribution is 2.28. The van der Waals surface area contributed by atoms with Gasteiger partial charge in [0.2, 0.25) is 0 Å². The minimum Gasteiger partial charge on any atom is -0.497 e. The first-order valence-electron chi connectivity index (χ1n) is 7.61. The van der Waals surface area contributed by atoms with Gasteiger partial charge in [-0.15, -0.1) is 5.10 Å². The van der Waals surface area contributed by atoms with Crippen LogP contribution in [-0.4, -0.2) is 40.9 Å². The molecule has 2 aromatic carbocycles. The van der Waals surface area contributed by atoms with Gasteiger partial charge in [-0.25, -0.2) is 4.68 Å². The molecular weight excluding hydrogens is 306 g/mol. The minimum atomic E-state index is 0.0183. The molecule has 24 heavy (non-hydrogen) atoms. The molecule has 0 saturated heterocycles. The molecule has 6 nitrogen and oxygen atoms in total. The highest BCUT2D eigenvalue weighted by Gasteiger charge is 2.16. The maximum atomic E-state index is 9.31. The summed E-state index contributed by atoms with van der Waals surface area (Å²) < 4.78 is 12.2. The largest absolute Gasteiger partial charge is 0.497 e. The van der Waals surface area contributed by atoms with Gasteiger partial charge in [-0.2, -0.15) is 0 Å². The van der Waals surface area contributed by atoms with Crippen molar-refractivity contribution < 1.29 is 14.6 Å². The fourth-order valence-corrected chi connectivity index (χ4v) is 2.53. The molecule has 3 rings (SSSR count). The minimum absolute atomic E-state index is 0.0183. The van der Waals surface area contributed by atoms with Gasteiger partial charge in [-0.1, -0.05) is 5.21 Å². The van der Waals surface area contributed by atoms with Gasteiger partial charge in [0.1, 0.15) is 11.5 Å². The molecule has 1 heterocycles. The highest BCUT2D eigenvalue weighted by atomic mass is 16.5. The summed E-state index contributed by atoms with van der Waals surface area (Å²) in [5, 5.41) is 17.8. The zero-order valence-corrected chi connectivity index (χ0v) is 13.6. The third kappa shape index (κ3) is 3.09. The fraction of sp³-hybridized carbons (Fsp3) is 0.222. The van der Waals surface area contributed by atoms with Crippen molar-refractivity contribution in [3.8, 4) is 28.4 Å². The number of hydrogen-bond donors (Lipinski definition) is 1. The van der Waals surface area contributed by atoms with Crippen LogP contribution >= 0.6 is 0 Å². The lowest BCUT2D eigenvalue weighted by atomic mass is 10.1. The topological polar surface area (TPSA) is 69.4 Å². The second-order valence-corrected chi connectivity index (χ2v) is 5.20. The first-order valence-corrected chi connectivity index (χ1v) is 7.61. The molecule has 0 bridgehead atoms. The van der Waals surface area contributed by atoms with Crippen molar-refractivity contribution in [2.45, 2.75) is 6.42 Å². The third-order valence-corrected chi connectivity index (χ3v) is 3.77. The van der Waals surface area contributed by atoms with Crippen molar-refractivity contribution in [3.63, 3.8) is 0 Å². The van der Waals surface area contributed by atoms with Gasteiger partial charge in [-0.3, -0.25) is 0 Å². The number of rotatable bonds is 6. The highest BCUT2D eigenvalue weighted by molar-refractivity contribution is 5.65. The van der Waals surface area contributed by atoms with Crippen molar-refractivity contribution in [2.24, 2.45) is 0 Å². The number of ether oxygens (including phenoxy) is 2. The molecule has 0 unspecified atom stereocenters. The van der Waals surface area contributed by atoms with Crippen LogP contribution < -0.4 is 9.47 Å². The Labute approximate surface area is 140 Å². The predicted octanol–water partition coefficient (Wildman–Crippen LogP) is 2.49. The molecule has 124 valence electrons. The molecule has 0 amide bonds. The van der Waals surface area contributed by atoms with E-state index in [9.17, 15) is 5.11 Å². The van der Waals surface area contributed by atoms with Gasteiger partial charge in [-0.05, 0) is 48.5 Å². The lowest BCUT2D eigenvalue weighted by Crippen LogP contribution is -2.01. The summed E-state index contributed by atoms with van der Waals surface area (Å²) in [6.07, 6.45) is 0.442. The molecule has 0 aliphatic heterocycles. The van der Waals surface area contributed by atoms with Crippen molar-refractivity contribution in [1.29, 1.82) is 0 Å². The van der Waals surface area contributed by atoms with Crippen molar-refractivity contribution in [1.82, 2.24) is 15.0 Å². The van der Waals surface area contributed by atoms with E-state index in [0.29, 0.717) is 6.42 Å². The van der Waals surface area contributed by atoms with Gasteiger partial charge in [0, 0.05) is 18.6 Å². The van der Waals surface area contributed by atoms with Crippen LogP contribution in [-0.2, 0) is 6.42 Å². The molecule has 6 heteroatoms. The van der Waals surface area contributed by atoms with Gasteiger partial charge in [0.05, 0.1) is 31.3 Å². The van der Waals surface area contributed by atoms with Crippen LogP contribution in [0.5, 0.6) is 11.5 Å². The van der Waals surface area contributed by atoms with E-state index in [1.807, 2.05) is 48.5 Å². The fourth-order valence-electron chi connectivity index (χ4n) is 2.53. The summed E-state index contributed by atoms with van der Waals surface area (Å²) in [5.74, 6) is 1.56. The number of nitrogens with zero attached hydrogens (tertiary/aromatic N) is 3. The zero-order valence-electron chi connectivity index (χ0n) is 13.6. The molecule has 0 aliphatic carbocycles. The van der Waals surface area contributed by atoms with Crippen LogP contribution in [0.2, 0.25) is 0 Å². The maximum absolute atomic E-state index is 9.31. The smallest absolute Gasteiger partial charge is 0.119 e. The summed E-state index contributed by atoms with van der Waals surface area (Å²) in [7, 11) is 3.27. The number of methoxy groups -OCH3 is 2. The zero-order chi connectivity index (χ0) is 16.9. The van der Waals surface area contributed by atoms with Crippen LogP contribution in [0, 0.1) is 0 Å². The first-order chi connectivity index (χ1) is 11.8. The molecule has 0 aliphatic rings. The van der Waals surface area contributed by atoms with Crippen LogP contribution in [0.15, 0.2) is 48.5 Å². The Balaban J connectivity index is 2.08. The van der Waals surface area contributed by atoms with E-state index < -0.39 is 0 Å². The Morgan fingerprint density at radius 1 is 0.917 bits per heavy atom. The van der Waals surface area contributed by atoms with Crippen molar-refractivity contribution >= 4 is 0 Å². The molecular formula is C18H19N3O3. The number of aromatic nitrogens is 3. The molecule has 0 fully saturated rings. The van der Waals surface area contributed by atoms with E-state index in [2.05, 4.69) is 10.3 Å². The van der Waals surface area contributed by atoms with E-state index in [1.165, 1.54) is 0 Å². The van der Waals surface area contributed by atoms with Crippen molar-refractivity contribution in [2.75, 3.05) is 20.8 Å². The summed E-state index contributed by atoms with van der Waals surface area (Å²) >= 11 is 0. The number of hydrogen-bond acceptors (Lipinski definition) is 5. The molecule has 1 aromatic heterocycles. The van der Waals surface area contributed by atoms with Gasteiger partial charge >= 0.3 is 0 Å². The van der Waals surface area contributed by atoms with E-state index in [4.69, 9.17) is 9.47 Å². The van der Waals surface area contributed by atoms with E-state index in [-0.39, 0.29) is 6.61 Å². The van der Waals surface area contributed by atoms with Crippen LogP contribution in [0.1, 0.15) is 5.69 Å². The average Bonchev–Trinajstić information content (AvgIpc) is 3.06. The van der Waals surface area contributed by atoms with Crippen LogP contribution in [0.4, 0.5) is 0 Å². The Bertz CT molecular complexity index is 795. The normalized spacial score (nSPS) is 10.6. The van der Waals surface area contributed by atoms with Crippen molar-refractivity contribution in [3.05, 3.63) is 54.2 Å². The second-order valence-electron chi connectivity index (χ2n) is 5.20. The summed E-state index contributed by atoms with van der Waals surface area (Å²) in [6, 6.07) is 15.3. The number of aliphatic hydroxyl groups excluding tert-OH is 1. The quantitative estimate of drug-likeness (QED) is 0.754. The van der Waals surface area contributed by atoms with E-state index in [0.717, 1.165) is 34.1 Å². The molecule has 0 radical (unpaired) electrons. The average molecular weight is 325 g/mol. The first kappa shape index (κ1) is 16.0. The Morgan fingerprint density at radius 3 is 2.04 bits per heavy atom. The predicted molar refractivity (Wildman–Crippen MR) is 90.7 cm³/mol. The lowest BCUT2D eigenvalue weighted by Gasteiger charge is -2.09. The van der Waals surface area contributed by atoms with Gasteiger partial charge in [0.25, 0.3) is 0 Å². The standard InChI is InChI=1S/C18H19N3O3/c1-23-15-7-3-13(4-8-15)18-17(11-12-22)19-20-21(18)14-5-9-16(24-2)10-6-14/h3-10,22H,11-12H2,1-2H3. The van der Waals surface area contributed by atoms with Gasteiger partial charge < -0.3 is 14.6 Å². The van der Waals surface area contributed by atoms with Crippen LogP contribution in [0.25, 0.3) is 16.9 Å². The second kappa shape index (κ2) is 7.14.